The summed E-state index contributed by atoms with van der Waals surface area (Å²) in [6.07, 6.45) is 8.46. The Hall–Kier alpha value is -1.46. The van der Waals surface area contributed by atoms with Gasteiger partial charge in [0.25, 0.3) is 0 Å². The summed E-state index contributed by atoms with van der Waals surface area (Å²) in [5.41, 5.74) is 2.18. The summed E-state index contributed by atoms with van der Waals surface area (Å²) in [7, 11) is 0. The van der Waals surface area contributed by atoms with E-state index in [1.807, 2.05) is 11.9 Å². The SMILES string of the molecule is CC(C)SNC1CCC(CNc2ccc(-c3ncco3)cc2)CC1. The molecule has 0 atom stereocenters. The molecule has 0 saturated heterocycles. The number of hydrogen-bond acceptors (Lipinski definition) is 5. The Balaban J connectivity index is 1.40. The lowest BCUT2D eigenvalue weighted by molar-refractivity contribution is 0.328. The van der Waals surface area contributed by atoms with Crippen LogP contribution in [0.2, 0.25) is 0 Å². The molecule has 0 amide bonds. The zero-order valence-corrected chi connectivity index (χ0v) is 15.3. The van der Waals surface area contributed by atoms with Gasteiger partial charge < -0.3 is 9.73 Å². The van der Waals surface area contributed by atoms with Gasteiger partial charge in [-0.25, -0.2) is 4.98 Å². The summed E-state index contributed by atoms with van der Waals surface area (Å²) < 4.78 is 8.94. The Labute approximate surface area is 149 Å². The van der Waals surface area contributed by atoms with Crippen LogP contribution in [-0.4, -0.2) is 22.8 Å². The molecule has 0 radical (unpaired) electrons. The molecule has 1 saturated carbocycles. The summed E-state index contributed by atoms with van der Waals surface area (Å²) in [6, 6.07) is 9.00. The first kappa shape index (κ1) is 17.4. The van der Waals surface area contributed by atoms with Crippen LogP contribution in [-0.2, 0) is 0 Å². The minimum absolute atomic E-state index is 0.656. The number of oxazole rings is 1. The second-order valence-corrected chi connectivity index (χ2v) is 8.21. The van der Waals surface area contributed by atoms with Crippen LogP contribution in [0, 0.1) is 5.92 Å². The maximum absolute atomic E-state index is 5.32. The lowest BCUT2D eigenvalue weighted by atomic mass is 9.86. The predicted octanol–water partition coefficient (Wildman–Crippen LogP) is 4.96. The number of benzene rings is 1. The first-order valence-corrected chi connectivity index (χ1v) is 9.73. The molecule has 2 aromatic rings. The fourth-order valence-electron chi connectivity index (χ4n) is 3.08. The Kier molecular flexibility index (Phi) is 6.21. The monoisotopic (exact) mass is 345 g/mol. The van der Waals surface area contributed by atoms with Crippen LogP contribution in [0.1, 0.15) is 39.5 Å². The van der Waals surface area contributed by atoms with E-state index in [0.29, 0.717) is 17.2 Å². The van der Waals surface area contributed by atoms with E-state index in [0.717, 1.165) is 18.0 Å². The highest BCUT2D eigenvalue weighted by Crippen LogP contribution is 2.27. The summed E-state index contributed by atoms with van der Waals surface area (Å²) in [5.74, 6) is 1.45. The van der Waals surface area contributed by atoms with E-state index >= 15 is 0 Å². The quantitative estimate of drug-likeness (QED) is 0.695. The van der Waals surface area contributed by atoms with Gasteiger partial charge in [0.15, 0.2) is 0 Å². The van der Waals surface area contributed by atoms with Gasteiger partial charge in [0.05, 0.1) is 6.20 Å². The molecule has 1 aliphatic carbocycles. The standard InChI is InChI=1S/C19H27N3OS/c1-14(2)24-22-18-7-3-15(4-8-18)13-21-17-9-5-16(6-10-17)19-20-11-12-23-19/h5-6,9-12,14-15,18,21-22H,3-4,7-8,13H2,1-2H3. The molecule has 24 heavy (non-hydrogen) atoms. The van der Waals surface area contributed by atoms with E-state index in [2.05, 4.69) is 53.1 Å². The largest absolute Gasteiger partial charge is 0.445 e. The molecule has 5 heteroatoms. The summed E-state index contributed by atoms with van der Waals surface area (Å²) >= 11 is 1.87. The highest BCUT2D eigenvalue weighted by atomic mass is 32.2. The van der Waals surface area contributed by atoms with Crippen LogP contribution in [0.4, 0.5) is 5.69 Å². The molecule has 1 heterocycles. The highest BCUT2D eigenvalue weighted by Gasteiger charge is 2.21. The normalized spacial score (nSPS) is 21.1. The van der Waals surface area contributed by atoms with Gasteiger partial charge in [-0.1, -0.05) is 25.8 Å². The Morgan fingerprint density at radius 2 is 1.92 bits per heavy atom. The Morgan fingerprint density at radius 3 is 2.54 bits per heavy atom. The zero-order chi connectivity index (χ0) is 16.8. The van der Waals surface area contributed by atoms with Crippen LogP contribution in [0.3, 0.4) is 0 Å². The predicted molar refractivity (Wildman–Crippen MR) is 102 cm³/mol. The van der Waals surface area contributed by atoms with Gasteiger partial charge in [0, 0.05) is 29.1 Å². The van der Waals surface area contributed by atoms with Crippen molar-refractivity contribution in [1.82, 2.24) is 9.71 Å². The number of hydrogen-bond donors (Lipinski definition) is 2. The third-order valence-corrected chi connectivity index (χ3v) is 5.42. The van der Waals surface area contributed by atoms with Crippen molar-refractivity contribution in [3.05, 3.63) is 36.7 Å². The van der Waals surface area contributed by atoms with Crippen molar-refractivity contribution in [2.24, 2.45) is 5.92 Å². The van der Waals surface area contributed by atoms with E-state index in [9.17, 15) is 0 Å². The Bertz CT molecular complexity index is 590. The molecule has 1 aromatic carbocycles. The average Bonchev–Trinajstić information content (AvgIpc) is 3.14. The molecule has 0 aliphatic heterocycles. The van der Waals surface area contributed by atoms with Crippen LogP contribution in [0.15, 0.2) is 41.1 Å². The van der Waals surface area contributed by atoms with Crippen LogP contribution in [0.5, 0.6) is 0 Å². The number of nitrogens with zero attached hydrogens (tertiary/aromatic N) is 1. The molecule has 1 aromatic heterocycles. The van der Waals surface area contributed by atoms with Crippen LogP contribution in [0.25, 0.3) is 11.5 Å². The van der Waals surface area contributed by atoms with Gasteiger partial charge in [-0.3, -0.25) is 4.72 Å². The molecule has 130 valence electrons. The van der Waals surface area contributed by atoms with Gasteiger partial charge >= 0.3 is 0 Å². The lowest BCUT2D eigenvalue weighted by Gasteiger charge is -2.29. The van der Waals surface area contributed by atoms with Crippen molar-refractivity contribution in [2.75, 3.05) is 11.9 Å². The van der Waals surface area contributed by atoms with E-state index in [1.54, 1.807) is 12.5 Å². The molecule has 1 aliphatic rings. The average molecular weight is 346 g/mol. The van der Waals surface area contributed by atoms with Gasteiger partial charge in [0.2, 0.25) is 5.89 Å². The summed E-state index contributed by atoms with van der Waals surface area (Å²) in [6.45, 7) is 5.53. The van der Waals surface area contributed by atoms with Crippen molar-refractivity contribution in [3.8, 4) is 11.5 Å². The fraction of sp³-hybridized carbons (Fsp3) is 0.526. The van der Waals surface area contributed by atoms with E-state index in [1.165, 1.54) is 31.4 Å². The molecule has 0 bridgehead atoms. The molecule has 0 unspecified atom stereocenters. The lowest BCUT2D eigenvalue weighted by Crippen LogP contribution is -2.31. The second-order valence-electron chi connectivity index (χ2n) is 6.80. The minimum Gasteiger partial charge on any atom is -0.445 e. The second kappa shape index (κ2) is 8.58. The van der Waals surface area contributed by atoms with Crippen LogP contribution >= 0.6 is 11.9 Å². The van der Waals surface area contributed by atoms with Crippen molar-refractivity contribution in [2.45, 2.75) is 50.8 Å². The fourth-order valence-corrected chi connectivity index (χ4v) is 3.78. The van der Waals surface area contributed by atoms with Crippen molar-refractivity contribution < 1.29 is 4.42 Å². The first-order valence-electron chi connectivity index (χ1n) is 8.85. The summed E-state index contributed by atoms with van der Waals surface area (Å²) in [5, 5.41) is 4.23. The van der Waals surface area contributed by atoms with Crippen molar-refractivity contribution >= 4 is 17.6 Å². The minimum atomic E-state index is 0.656. The van der Waals surface area contributed by atoms with Crippen LogP contribution < -0.4 is 10.0 Å². The molecular formula is C19H27N3OS. The molecule has 3 rings (SSSR count). The number of anilines is 1. The van der Waals surface area contributed by atoms with Crippen molar-refractivity contribution in [1.29, 1.82) is 0 Å². The zero-order valence-electron chi connectivity index (χ0n) is 14.5. The van der Waals surface area contributed by atoms with E-state index in [-0.39, 0.29) is 0 Å². The molecule has 4 nitrogen and oxygen atoms in total. The number of nitrogens with one attached hydrogen (secondary N) is 2. The van der Waals surface area contributed by atoms with Crippen molar-refractivity contribution in [3.63, 3.8) is 0 Å². The van der Waals surface area contributed by atoms with Gasteiger partial charge in [-0.2, -0.15) is 0 Å². The van der Waals surface area contributed by atoms with E-state index < -0.39 is 0 Å². The molecule has 1 fully saturated rings. The summed E-state index contributed by atoms with van der Waals surface area (Å²) in [4.78, 5) is 4.17. The van der Waals surface area contributed by atoms with Gasteiger partial charge in [-0.05, 0) is 55.9 Å². The molecule has 0 spiro atoms. The first-order chi connectivity index (χ1) is 11.7. The number of rotatable bonds is 7. The molecular weight excluding hydrogens is 318 g/mol. The van der Waals surface area contributed by atoms with Gasteiger partial charge in [0.1, 0.15) is 6.26 Å². The number of aromatic nitrogens is 1. The smallest absolute Gasteiger partial charge is 0.225 e. The maximum atomic E-state index is 5.32. The Morgan fingerprint density at radius 1 is 1.17 bits per heavy atom. The maximum Gasteiger partial charge on any atom is 0.225 e. The highest BCUT2D eigenvalue weighted by molar-refractivity contribution is 7.98. The third kappa shape index (κ3) is 5.02. The van der Waals surface area contributed by atoms with E-state index in [4.69, 9.17) is 4.42 Å². The molecule has 2 N–H and O–H groups in total. The topological polar surface area (TPSA) is 50.1 Å². The van der Waals surface area contributed by atoms with Gasteiger partial charge in [-0.15, -0.1) is 0 Å². The third-order valence-electron chi connectivity index (χ3n) is 4.48.